The summed E-state index contributed by atoms with van der Waals surface area (Å²) in [5.74, 6) is 1.02. The molecule has 0 aliphatic heterocycles. The Morgan fingerprint density at radius 3 is 2.71 bits per heavy atom. The van der Waals surface area contributed by atoms with E-state index in [4.69, 9.17) is 4.74 Å². The second-order valence-corrected chi connectivity index (χ2v) is 4.58. The van der Waals surface area contributed by atoms with Crippen molar-refractivity contribution in [2.75, 3.05) is 13.2 Å². The molecule has 0 saturated carbocycles. The molecule has 1 unspecified atom stereocenters. The molecule has 2 nitrogen and oxygen atoms in total. The smallest absolute Gasteiger partial charge is 0.122 e. The molecule has 1 N–H and O–H groups in total. The second-order valence-electron chi connectivity index (χ2n) is 4.58. The van der Waals surface area contributed by atoms with Gasteiger partial charge in [0, 0.05) is 6.04 Å². The molecule has 0 aliphatic rings. The van der Waals surface area contributed by atoms with E-state index in [9.17, 15) is 0 Å². The van der Waals surface area contributed by atoms with E-state index < -0.39 is 0 Å². The molecule has 1 aromatic carbocycles. The molecule has 0 heterocycles. The van der Waals surface area contributed by atoms with Crippen molar-refractivity contribution in [2.24, 2.45) is 0 Å². The molecule has 0 aliphatic carbocycles. The highest BCUT2D eigenvalue weighted by atomic mass is 16.5. The number of benzene rings is 1. The molecule has 1 rings (SSSR count). The van der Waals surface area contributed by atoms with Crippen molar-refractivity contribution in [1.82, 2.24) is 5.32 Å². The van der Waals surface area contributed by atoms with E-state index in [1.54, 1.807) is 0 Å². The van der Waals surface area contributed by atoms with Crippen LogP contribution in [-0.4, -0.2) is 19.2 Å². The van der Waals surface area contributed by atoms with E-state index in [1.807, 2.05) is 18.2 Å². The van der Waals surface area contributed by atoms with Gasteiger partial charge < -0.3 is 10.1 Å². The van der Waals surface area contributed by atoms with Crippen LogP contribution in [0.1, 0.15) is 38.7 Å². The van der Waals surface area contributed by atoms with E-state index >= 15 is 0 Å². The van der Waals surface area contributed by atoms with Crippen LogP contribution in [-0.2, 0) is 0 Å². The maximum atomic E-state index is 5.74. The fraction of sp³-hybridized carbons (Fsp3) is 0.600. The first kappa shape index (κ1) is 14.0. The van der Waals surface area contributed by atoms with Gasteiger partial charge in [-0.2, -0.15) is 0 Å². The van der Waals surface area contributed by atoms with E-state index in [-0.39, 0.29) is 0 Å². The lowest BCUT2D eigenvalue weighted by Crippen LogP contribution is -2.26. The van der Waals surface area contributed by atoms with Gasteiger partial charge in [-0.3, -0.25) is 0 Å². The van der Waals surface area contributed by atoms with Gasteiger partial charge >= 0.3 is 0 Å². The summed E-state index contributed by atoms with van der Waals surface area (Å²) in [5, 5.41) is 3.49. The molecular formula is C15H25NO. The number of ether oxygens (including phenoxy) is 1. The Morgan fingerprint density at radius 2 is 2.00 bits per heavy atom. The number of hydrogen-bond acceptors (Lipinski definition) is 2. The van der Waals surface area contributed by atoms with Crippen LogP contribution in [0.5, 0.6) is 5.75 Å². The topological polar surface area (TPSA) is 21.3 Å². The Bertz CT molecular complexity index is 312. The highest BCUT2D eigenvalue weighted by Gasteiger charge is 1.98. The molecule has 1 atom stereocenters. The fourth-order valence-electron chi connectivity index (χ4n) is 1.62. The van der Waals surface area contributed by atoms with Gasteiger partial charge in [0.1, 0.15) is 5.75 Å². The van der Waals surface area contributed by atoms with Gasteiger partial charge in [-0.05, 0) is 51.3 Å². The molecule has 96 valence electrons. The zero-order chi connectivity index (χ0) is 12.5. The molecule has 0 saturated heterocycles. The van der Waals surface area contributed by atoms with Crippen molar-refractivity contribution in [1.29, 1.82) is 0 Å². The van der Waals surface area contributed by atoms with Crippen molar-refractivity contribution >= 4 is 0 Å². The Morgan fingerprint density at radius 1 is 1.24 bits per heavy atom. The van der Waals surface area contributed by atoms with E-state index in [2.05, 4.69) is 32.2 Å². The van der Waals surface area contributed by atoms with Crippen LogP contribution in [0.15, 0.2) is 24.3 Å². The van der Waals surface area contributed by atoms with Gasteiger partial charge in [0.25, 0.3) is 0 Å². The monoisotopic (exact) mass is 235 g/mol. The molecule has 0 aromatic heterocycles. The largest absolute Gasteiger partial charge is 0.493 e. The van der Waals surface area contributed by atoms with Crippen molar-refractivity contribution in [2.45, 2.75) is 46.1 Å². The minimum atomic E-state index is 0.632. The number of rotatable bonds is 8. The Hall–Kier alpha value is -1.02. The maximum absolute atomic E-state index is 5.74. The molecule has 0 fully saturated rings. The molecule has 1 aromatic rings. The minimum Gasteiger partial charge on any atom is -0.493 e. The van der Waals surface area contributed by atoms with Crippen LogP contribution in [0.3, 0.4) is 0 Å². The predicted octanol–water partition coefficient (Wildman–Crippen LogP) is 3.54. The van der Waals surface area contributed by atoms with Gasteiger partial charge in [-0.25, -0.2) is 0 Å². The molecular weight excluding hydrogens is 210 g/mol. The lowest BCUT2D eigenvalue weighted by molar-refractivity contribution is 0.302. The maximum Gasteiger partial charge on any atom is 0.122 e. The predicted molar refractivity (Wildman–Crippen MR) is 73.7 cm³/mol. The standard InChI is InChI=1S/C15H25NO/c1-4-14(3)16-11-7-8-12-17-15-10-6-5-9-13(15)2/h5-6,9-10,14,16H,4,7-8,11-12H2,1-3H3. The highest BCUT2D eigenvalue weighted by molar-refractivity contribution is 5.31. The Balaban J connectivity index is 2.07. The summed E-state index contributed by atoms with van der Waals surface area (Å²) in [6.45, 7) is 8.42. The van der Waals surface area contributed by atoms with Crippen molar-refractivity contribution in [3.05, 3.63) is 29.8 Å². The zero-order valence-electron chi connectivity index (χ0n) is 11.3. The quantitative estimate of drug-likeness (QED) is 0.696. The van der Waals surface area contributed by atoms with Gasteiger partial charge in [0.15, 0.2) is 0 Å². The SMILES string of the molecule is CCC(C)NCCCCOc1ccccc1C. The zero-order valence-corrected chi connectivity index (χ0v) is 11.3. The third kappa shape index (κ3) is 5.73. The summed E-state index contributed by atoms with van der Waals surface area (Å²) in [4.78, 5) is 0. The van der Waals surface area contributed by atoms with Crippen molar-refractivity contribution in [3.8, 4) is 5.75 Å². The van der Waals surface area contributed by atoms with Gasteiger partial charge in [-0.15, -0.1) is 0 Å². The summed E-state index contributed by atoms with van der Waals surface area (Å²) in [6.07, 6.45) is 3.48. The number of para-hydroxylation sites is 1. The Labute approximate surface area is 105 Å². The highest BCUT2D eigenvalue weighted by Crippen LogP contribution is 2.16. The summed E-state index contributed by atoms with van der Waals surface area (Å²) in [6, 6.07) is 8.81. The lowest BCUT2D eigenvalue weighted by atomic mass is 10.2. The van der Waals surface area contributed by atoms with E-state index in [1.165, 1.54) is 18.4 Å². The number of nitrogens with one attached hydrogen (secondary N) is 1. The minimum absolute atomic E-state index is 0.632. The third-order valence-electron chi connectivity index (χ3n) is 3.03. The lowest BCUT2D eigenvalue weighted by Gasteiger charge is -2.11. The first-order valence-corrected chi connectivity index (χ1v) is 6.66. The second kappa shape index (κ2) is 8.13. The van der Waals surface area contributed by atoms with Gasteiger partial charge in [0.05, 0.1) is 6.61 Å². The van der Waals surface area contributed by atoms with Crippen LogP contribution in [0.2, 0.25) is 0 Å². The molecule has 0 bridgehead atoms. The summed E-state index contributed by atoms with van der Waals surface area (Å²) >= 11 is 0. The van der Waals surface area contributed by atoms with E-state index in [0.29, 0.717) is 6.04 Å². The number of hydrogen-bond donors (Lipinski definition) is 1. The van der Waals surface area contributed by atoms with Crippen LogP contribution < -0.4 is 10.1 Å². The average Bonchev–Trinajstić information content (AvgIpc) is 2.35. The first-order valence-electron chi connectivity index (χ1n) is 6.66. The van der Waals surface area contributed by atoms with Crippen LogP contribution in [0.4, 0.5) is 0 Å². The van der Waals surface area contributed by atoms with Gasteiger partial charge in [-0.1, -0.05) is 25.1 Å². The summed E-state index contributed by atoms with van der Waals surface area (Å²) in [5.41, 5.74) is 1.21. The number of aryl methyl sites for hydroxylation is 1. The molecule has 2 heteroatoms. The van der Waals surface area contributed by atoms with Crippen LogP contribution in [0.25, 0.3) is 0 Å². The van der Waals surface area contributed by atoms with Gasteiger partial charge in [0.2, 0.25) is 0 Å². The van der Waals surface area contributed by atoms with Crippen molar-refractivity contribution < 1.29 is 4.74 Å². The average molecular weight is 235 g/mol. The van der Waals surface area contributed by atoms with Crippen molar-refractivity contribution in [3.63, 3.8) is 0 Å². The Kier molecular flexibility index (Phi) is 6.71. The molecule has 17 heavy (non-hydrogen) atoms. The normalized spacial score (nSPS) is 12.4. The molecule has 0 radical (unpaired) electrons. The first-order chi connectivity index (χ1) is 8.24. The summed E-state index contributed by atoms with van der Waals surface area (Å²) < 4.78 is 5.74. The van der Waals surface area contributed by atoms with Crippen LogP contribution in [0, 0.1) is 6.92 Å². The molecule has 0 spiro atoms. The molecule has 0 amide bonds. The third-order valence-corrected chi connectivity index (χ3v) is 3.03. The fourth-order valence-corrected chi connectivity index (χ4v) is 1.62. The number of unbranched alkanes of at least 4 members (excludes halogenated alkanes) is 1. The summed E-state index contributed by atoms with van der Waals surface area (Å²) in [7, 11) is 0. The van der Waals surface area contributed by atoms with E-state index in [0.717, 1.165) is 25.3 Å². The van der Waals surface area contributed by atoms with Crippen LogP contribution >= 0.6 is 0 Å².